The summed E-state index contributed by atoms with van der Waals surface area (Å²) in [6.07, 6.45) is 0.549. The SMILES string of the molecule is CC1CC(c2nc3ccccc3[nH]2)CN(C(=O)C[C@@H](Cc2ccc3ccccc3c2)N(C(=O)O)C(C)(C)C)C1. The lowest BCUT2D eigenvalue weighted by molar-refractivity contribution is -0.134. The zero-order chi connectivity index (χ0) is 27.7. The summed E-state index contributed by atoms with van der Waals surface area (Å²) in [5.74, 6) is 1.33. The van der Waals surface area contributed by atoms with Crippen molar-refractivity contribution in [2.24, 2.45) is 5.92 Å². The second-order valence-corrected chi connectivity index (χ2v) is 12.0. The smallest absolute Gasteiger partial charge is 0.408 e. The Morgan fingerprint density at radius 2 is 1.77 bits per heavy atom. The number of likely N-dealkylation sites (tertiary alicyclic amines) is 1. The third-order valence-corrected chi connectivity index (χ3v) is 7.80. The summed E-state index contributed by atoms with van der Waals surface area (Å²) in [7, 11) is 0. The van der Waals surface area contributed by atoms with Gasteiger partial charge in [0.1, 0.15) is 5.82 Å². The summed E-state index contributed by atoms with van der Waals surface area (Å²) in [6, 6.07) is 21.8. The molecule has 7 nitrogen and oxygen atoms in total. The Bertz CT molecular complexity index is 1450. The number of piperidine rings is 1. The molecule has 204 valence electrons. The molecular weight excluding hydrogens is 488 g/mol. The molecule has 0 bridgehead atoms. The third kappa shape index (κ3) is 5.92. The number of amides is 2. The number of carbonyl (C=O) groups excluding carboxylic acids is 1. The lowest BCUT2D eigenvalue weighted by Gasteiger charge is -2.41. The molecule has 2 unspecified atom stereocenters. The van der Waals surface area contributed by atoms with E-state index in [-0.39, 0.29) is 18.2 Å². The van der Waals surface area contributed by atoms with Crippen LogP contribution in [-0.2, 0) is 11.2 Å². The van der Waals surface area contributed by atoms with Gasteiger partial charge in [-0.3, -0.25) is 9.69 Å². The number of fused-ring (bicyclic) bond motifs is 2. The molecule has 5 rings (SSSR count). The van der Waals surface area contributed by atoms with Gasteiger partial charge in [-0.25, -0.2) is 9.78 Å². The maximum absolute atomic E-state index is 13.8. The quantitative estimate of drug-likeness (QED) is 0.302. The van der Waals surface area contributed by atoms with Crippen molar-refractivity contribution < 1.29 is 14.7 Å². The molecule has 1 aromatic heterocycles. The average Bonchev–Trinajstić information content (AvgIpc) is 3.32. The number of aromatic amines is 1. The highest BCUT2D eigenvalue weighted by Gasteiger charge is 2.37. The highest BCUT2D eigenvalue weighted by atomic mass is 16.4. The van der Waals surface area contributed by atoms with Crippen molar-refractivity contribution in [1.29, 1.82) is 0 Å². The lowest BCUT2D eigenvalue weighted by atomic mass is 9.89. The predicted octanol–water partition coefficient (Wildman–Crippen LogP) is 6.45. The van der Waals surface area contributed by atoms with Crippen LogP contribution >= 0.6 is 0 Å². The maximum Gasteiger partial charge on any atom is 0.408 e. The number of hydrogen-bond acceptors (Lipinski definition) is 3. The van der Waals surface area contributed by atoms with E-state index in [0.717, 1.165) is 39.6 Å². The largest absolute Gasteiger partial charge is 0.465 e. The van der Waals surface area contributed by atoms with E-state index in [9.17, 15) is 14.7 Å². The fourth-order valence-corrected chi connectivity index (χ4v) is 6.13. The monoisotopic (exact) mass is 526 g/mol. The van der Waals surface area contributed by atoms with Crippen LogP contribution in [0.4, 0.5) is 4.79 Å². The topological polar surface area (TPSA) is 89.5 Å². The first-order valence-electron chi connectivity index (χ1n) is 13.8. The first kappa shape index (κ1) is 26.7. The average molecular weight is 527 g/mol. The molecule has 1 saturated heterocycles. The first-order valence-corrected chi connectivity index (χ1v) is 13.8. The van der Waals surface area contributed by atoms with Crippen LogP contribution in [0, 0.1) is 5.92 Å². The summed E-state index contributed by atoms with van der Waals surface area (Å²) < 4.78 is 0. The molecular formula is C32H38N4O3. The Morgan fingerprint density at radius 3 is 2.49 bits per heavy atom. The van der Waals surface area contributed by atoms with E-state index in [1.807, 2.05) is 68.1 Å². The van der Waals surface area contributed by atoms with E-state index in [0.29, 0.717) is 25.4 Å². The Kier molecular flexibility index (Phi) is 7.34. The van der Waals surface area contributed by atoms with Crippen molar-refractivity contribution in [3.8, 4) is 0 Å². The second-order valence-electron chi connectivity index (χ2n) is 12.0. The Morgan fingerprint density at radius 1 is 1.05 bits per heavy atom. The molecule has 0 saturated carbocycles. The van der Waals surface area contributed by atoms with Gasteiger partial charge >= 0.3 is 6.09 Å². The molecule has 2 N–H and O–H groups in total. The number of imidazole rings is 1. The van der Waals surface area contributed by atoms with Crippen LogP contribution in [0.25, 0.3) is 21.8 Å². The summed E-state index contributed by atoms with van der Waals surface area (Å²) in [5.41, 5.74) is 2.30. The number of rotatable bonds is 6. The van der Waals surface area contributed by atoms with Crippen LogP contribution in [0.15, 0.2) is 66.7 Å². The van der Waals surface area contributed by atoms with E-state index in [4.69, 9.17) is 4.98 Å². The Labute approximate surface area is 229 Å². The van der Waals surface area contributed by atoms with Gasteiger partial charge in [0, 0.05) is 37.0 Å². The number of H-pyrrole nitrogens is 1. The Hall–Kier alpha value is -3.87. The molecule has 1 aliphatic rings. The molecule has 3 aromatic carbocycles. The van der Waals surface area contributed by atoms with Gasteiger partial charge in [-0.2, -0.15) is 0 Å². The molecule has 2 heterocycles. The van der Waals surface area contributed by atoms with Crippen molar-refractivity contribution in [3.63, 3.8) is 0 Å². The van der Waals surface area contributed by atoms with Crippen molar-refractivity contribution >= 4 is 33.8 Å². The van der Waals surface area contributed by atoms with Crippen molar-refractivity contribution in [3.05, 3.63) is 78.1 Å². The molecule has 4 aromatic rings. The molecule has 0 spiro atoms. The third-order valence-electron chi connectivity index (χ3n) is 7.80. The van der Waals surface area contributed by atoms with Gasteiger partial charge < -0.3 is 15.0 Å². The van der Waals surface area contributed by atoms with Crippen LogP contribution in [0.2, 0.25) is 0 Å². The van der Waals surface area contributed by atoms with Gasteiger partial charge in [-0.1, -0.05) is 61.5 Å². The predicted molar refractivity (Wildman–Crippen MR) is 155 cm³/mol. The maximum atomic E-state index is 13.8. The number of nitrogens with one attached hydrogen (secondary N) is 1. The fraction of sp³-hybridized carbons (Fsp3) is 0.406. The van der Waals surface area contributed by atoms with Gasteiger partial charge in [0.15, 0.2) is 0 Å². The van der Waals surface area contributed by atoms with Gasteiger partial charge in [-0.15, -0.1) is 0 Å². The zero-order valence-electron chi connectivity index (χ0n) is 23.2. The molecule has 1 aliphatic heterocycles. The van der Waals surface area contributed by atoms with Crippen molar-refractivity contribution in [2.75, 3.05) is 13.1 Å². The van der Waals surface area contributed by atoms with Gasteiger partial charge in [0.2, 0.25) is 5.91 Å². The normalized spacial score (nSPS) is 18.8. The molecule has 2 amide bonds. The highest BCUT2D eigenvalue weighted by Crippen LogP contribution is 2.31. The number of aromatic nitrogens is 2. The summed E-state index contributed by atoms with van der Waals surface area (Å²) in [5, 5.41) is 12.5. The molecule has 7 heteroatoms. The number of hydrogen-bond donors (Lipinski definition) is 2. The number of carboxylic acid groups (broad SMARTS) is 1. The van der Waals surface area contributed by atoms with Crippen LogP contribution in [-0.4, -0.2) is 61.5 Å². The molecule has 0 radical (unpaired) electrons. The minimum atomic E-state index is -1.01. The van der Waals surface area contributed by atoms with Crippen LogP contribution < -0.4 is 0 Å². The Balaban J connectivity index is 1.39. The van der Waals surface area contributed by atoms with E-state index >= 15 is 0 Å². The van der Waals surface area contributed by atoms with Gasteiger partial charge in [0.25, 0.3) is 0 Å². The van der Waals surface area contributed by atoms with Gasteiger partial charge in [0.05, 0.1) is 11.0 Å². The summed E-state index contributed by atoms with van der Waals surface area (Å²) >= 11 is 0. The molecule has 1 fully saturated rings. The molecule has 0 aliphatic carbocycles. The van der Waals surface area contributed by atoms with Crippen molar-refractivity contribution in [2.45, 2.75) is 64.5 Å². The number of carbonyl (C=O) groups is 2. The molecule has 3 atom stereocenters. The van der Waals surface area contributed by atoms with E-state index in [2.05, 4.69) is 36.2 Å². The minimum absolute atomic E-state index is 0.0102. The summed E-state index contributed by atoms with van der Waals surface area (Å²) in [6.45, 7) is 9.08. The second kappa shape index (κ2) is 10.7. The first-order chi connectivity index (χ1) is 18.6. The summed E-state index contributed by atoms with van der Waals surface area (Å²) in [4.78, 5) is 38.0. The van der Waals surface area contributed by atoms with E-state index < -0.39 is 17.7 Å². The van der Waals surface area contributed by atoms with Crippen LogP contribution in [0.5, 0.6) is 0 Å². The van der Waals surface area contributed by atoms with Crippen molar-refractivity contribution in [1.82, 2.24) is 19.8 Å². The van der Waals surface area contributed by atoms with Crippen LogP contribution in [0.3, 0.4) is 0 Å². The van der Waals surface area contributed by atoms with E-state index in [1.165, 1.54) is 4.90 Å². The fourth-order valence-electron chi connectivity index (χ4n) is 6.13. The lowest BCUT2D eigenvalue weighted by Crippen LogP contribution is -2.54. The molecule has 39 heavy (non-hydrogen) atoms. The highest BCUT2D eigenvalue weighted by molar-refractivity contribution is 5.83. The van der Waals surface area contributed by atoms with E-state index in [1.54, 1.807) is 0 Å². The number of para-hydroxylation sites is 2. The number of benzene rings is 3. The van der Waals surface area contributed by atoms with Gasteiger partial charge in [-0.05, 0) is 68.0 Å². The van der Waals surface area contributed by atoms with Crippen LogP contribution in [0.1, 0.15) is 57.8 Å². The number of nitrogens with zero attached hydrogens (tertiary/aromatic N) is 3. The zero-order valence-corrected chi connectivity index (χ0v) is 23.2. The standard InChI is InChI=1S/C32H38N4O3/c1-21-15-25(30-33-27-11-7-8-12-28(27)34-30)20-35(19-21)29(37)18-26(36(31(38)39)32(2,3)4)17-22-13-14-23-9-5-6-10-24(23)16-22/h5-14,16,21,25-26H,15,17-20H2,1-4H3,(H,33,34)(H,38,39)/t21?,25?,26-/m1/s1. The minimum Gasteiger partial charge on any atom is -0.465 e.